The molecule has 0 unspecified atom stereocenters. The van der Waals surface area contributed by atoms with Crippen LogP contribution in [0.1, 0.15) is 30.9 Å². The molecule has 4 heteroatoms. The number of benzene rings is 2. The molecule has 0 bridgehead atoms. The van der Waals surface area contributed by atoms with Crippen LogP contribution in [-0.2, 0) is 6.18 Å². The van der Waals surface area contributed by atoms with Crippen molar-refractivity contribution in [3.05, 3.63) is 59.4 Å². The Bertz CT molecular complexity index is 612. The third-order valence-corrected chi connectivity index (χ3v) is 3.18. The molecule has 0 amide bonds. The van der Waals surface area contributed by atoms with Gasteiger partial charge in [-0.25, -0.2) is 4.39 Å². The predicted molar refractivity (Wildman–Crippen MR) is 70.9 cm³/mol. The molecule has 2 aromatic carbocycles. The first-order valence-electron chi connectivity index (χ1n) is 6.26. The molecule has 0 nitrogen and oxygen atoms in total. The van der Waals surface area contributed by atoms with Gasteiger partial charge in [0.05, 0.1) is 5.56 Å². The van der Waals surface area contributed by atoms with Gasteiger partial charge in [0.25, 0.3) is 0 Å². The lowest BCUT2D eigenvalue weighted by atomic mass is 9.93. The standard InChI is InChI=1S/C16H14F4/c1-10(2)11-7-8-14(16(18,19)20)13(9-11)12-5-3-4-6-15(12)17/h3-10H,1-2H3. The molecular formula is C16H14F4. The summed E-state index contributed by atoms with van der Waals surface area (Å²) < 4.78 is 53.0. The first-order valence-corrected chi connectivity index (χ1v) is 6.26. The van der Waals surface area contributed by atoms with Crippen molar-refractivity contribution in [1.29, 1.82) is 0 Å². The summed E-state index contributed by atoms with van der Waals surface area (Å²) in [7, 11) is 0. The summed E-state index contributed by atoms with van der Waals surface area (Å²) in [5.74, 6) is -0.582. The lowest BCUT2D eigenvalue weighted by molar-refractivity contribution is -0.137. The van der Waals surface area contributed by atoms with E-state index in [4.69, 9.17) is 0 Å². The highest BCUT2D eigenvalue weighted by molar-refractivity contribution is 5.69. The molecule has 0 fully saturated rings. The van der Waals surface area contributed by atoms with Gasteiger partial charge in [0.15, 0.2) is 0 Å². The van der Waals surface area contributed by atoms with E-state index in [1.807, 2.05) is 13.8 Å². The van der Waals surface area contributed by atoms with E-state index in [0.717, 1.165) is 17.7 Å². The Kier molecular flexibility index (Phi) is 3.84. The lowest BCUT2D eigenvalue weighted by Gasteiger charge is -2.16. The number of rotatable bonds is 2. The van der Waals surface area contributed by atoms with Crippen LogP contribution in [0.4, 0.5) is 17.6 Å². The monoisotopic (exact) mass is 282 g/mol. The van der Waals surface area contributed by atoms with E-state index in [1.165, 1.54) is 30.3 Å². The minimum Gasteiger partial charge on any atom is -0.206 e. The average Bonchev–Trinajstić information content (AvgIpc) is 2.37. The summed E-state index contributed by atoms with van der Waals surface area (Å²) >= 11 is 0. The molecule has 0 radical (unpaired) electrons. The van der Waals surface area contributed by atoms with Crippen molar-refractivity contribution < 1.29 is 17.6 Å². The Balaban J connectivity index is 2.71. The fraction of sp³-hybridized carbons (Fsp3) is 0.250. The second-order valence-corrected chi connectivity index (χ2v) is 4.94. The third-order valence-electron chi connectivity index (χ3n) is 3.18. The fourth-order valence-electron chi connectivity index (χ4n) is 2.07. The normalized spacial score (nSPS) is 11.9. The molecule has 2 rings (SSSR count). The van der Waals surface area contributed by atoms with Gasteiger partial charge in [0.1, 0.15) is 5.82 Å². The Hall–Kier alpha value is -1.84. The van der Waals surface area contributed by atoms with Gasteiger partial charge in [0.2, 0.25) is 0 Å². The molecule has 2 aromatic rings. The molecule has 0 N–H and O–H groups in total. The number of halogens is 4. The zero-order valence-corrected chi connectivity index (χ0v) is 11.1. The summed E-state index contributed by atoms with van der Waals surface area (Å²) in [5, 5.41) is 0. The van der Waals surface area contributed by atoms with Crippen molar-refractivity contribution >= 4 is 0 Å². The topological polar surface area (TPSA) is 0 Å². The zero-order chi connectivity index (χ0) is 14.9. The summed E-state index contributed by atoms with van der Waals surface area (Å²) in [6.45, 7) is 3.77. The van der Waals surface area contributed by atoms with E-state index >= 15 is 0 Å². The van der Waals surface area contributed by atoms with Crippen molar-refractivity contribution in [2.45, 2.75) is 25.9 Å². The number of hydrogen-bond acceptors (Lipinski definition) is 0. The Morgan fingerprint density at radius 3 is 2.10 bits per heavy atom. The number of hydrogen-bond donors (Lipinski definition) is 0. The lowest BCUT2D eigenvalue weighted by Crippen LogP contribution is -2.08. The van der Waals surface area contributed by atoms with E-state index < -0.39 is 17.6 Å². The summed E-state index contributed by atoms with van der Waals surface area (Å²) in [6.07, 6.45) is -4.51. The van der Waals surface area contributed by atoms with Crippen LogP contribution in [0.15, 0.2) is 42.5 Å². The van der Waals surface area contributed by atoms with Crippen LogP contribution >= 0.6 is 0 Å². The van der Waals surface area contributed by atoms with Crippen LogP contribution in [0.3, 0.4) is 0 Å². The first kappa shape index (κ1) is 14.6. The second-order valence-electron chi connectivity index (χ2n) is 4.94. The van der Waals surface area contributed by atoms with E-state index in [1.54, 1.807) is 0 Å². The predicted octanol–water partition coefficient (Wildman–Crippen LogP) is 5.63. The molecule has 0 heterocycles. The smallest absolute Gasteiger partial charge is 0.206 e. The number of alkyl halides is 3. The van der Waals surface area contributed by atoms with Crippen LogP contribution < -0.4 is 0 Å². The Labute approximate surface area is 115 Å². The summed E-state index contributed by atoms with van der Waals surface area (Å²) in [4.78, 5) is 0. The highest BCUT2D eigenvalue weighted by atomic mass is 19.4. The average molecular weight is 282 g/mol. The Morgan fingerprint density at radius 1 is 0.900 bits per heavy atom. The van der Waals surface area contributed by atoms with Gasteiger partial charge in [-0.05, 0) is 29.2 Å². The van der Waals surface area contributed by atoms with Gasteiger partial charge >= 0.3 is 6.18 Å². The fourth-order valence-corrected chi connectivity index (χ4v) is 2.07. The molecule has 0 aliphatic rings. The van der Waals surface area contributed by atoms with Gasteiger partial charge in [-0.3, -0.25) is 0 Å². The van der Waals surface area contributed by atoms with Crippen LogP contribution in [0.5, 0.6) is 0 Å². The Morgan fingerprint density at radius 2 is 1.55 bits per heavy atom. The van der Waals surface area contributed by atoms with Crippen LogP contribution in [0.2, 0.25) is 0 Å². The van der Waals surface area contributed by atoms with E-state index in [2.05, 4.69) is 0 Å². The van der Waals surface area contributed by atoms with Crippen molar-refractivity contribution in [2.24, 2.45) is 0 Å². The molecule has 0 aliphatic heterocycles. The van der Waals surface area contributed by atoms with Gasteiger partial charge < -0.3 is 0 Å². The molecule has 0 saturated heterocycles. The molecule has 0 aromatic heterocycles. The molecule has 106 valence electrons. The maximum atomic E-state index is 13.8. The molecule has 0 saturated carbocycles. The van der Waals surface area contributed by atoms with Crippen LogP contribution in [0, 0.1) is 5.82 Å². The SMILES string of the molecule is CC(C)c1ccc(C(F)(F)F)c(-c2ccccc2F)c1. The van der Waals surface area contributed by atoms with Crippen LogP contribution in [0.25, 0.3) is 11.1 Å². The van der Waals surface area contributed by atoms with Crippen molar-refractivity contribution in [2.75, 3.05) is 0 Å². The molecule has 0 atom stereocenters. The molecular weight excluding hydrogens is 268 g/mol. The summed E-state index contributed by atoms with van der Waals surface area (Å²) in [6, 6.07) is 9.40. The zero-order valence-electron chi connectivity index (χ0n) is 11.1. The van der Waals surface area contributed by atoms with E-state index in [-0.39, 0.29) is 17.0 Å². The maximum absolute atomic E-state index is 13.8. The van der Waals surface area contributed by atoms with Crippen molar-refractivity contribution in [3.63, 3.8) is 0 Å². The van der Waals surface area contributed by atoms with Gasteiger partial charge in [0, 0.05) is 5.56 Å². The molecule has 0 spiro atoms. The molecule has 0 aliphatic carbocycles. The minimum absolute atomic E-state index is 0.0256. The quantitative estimate of drug-likeness (QED) is 0.626. The highest BCUT2D eigenvalue weighted by Crippen LogP contribution is 2.39. The largest absolute Gasteiger partial charge is 0.417 e. The van der Waals surface area contributed by atoms with Gasteiger partial charge in [-0.2, -0.15) is 13.2 Å². The van der Waals surface area contributed by atoms with Crippen LogP contribution in [-0.4, -0.2) is 0 Å². The second kappa shape index (κ2) is 5.27. The van der Waals surface area contributed by atoms with E-state index in [0.29, 0.717) is 0 Å². The highest BCUT2D eigenvalue weighted by Gasteiger charge is 2.34. The first-order chi connectivity index (χ1) is 9.30. The third kappa shape index (κ3) is 2.84. The van der Waals surface area contributed by atoms with Crippen molar-refractivity contribution in [1.82, 2.24) is 0 Å². The van der Waals surface area contributed by atoms with Gasteiger partial charge in [-0.15, -0.1) is 0 Å². The minimum atomic E-state index is -4.51. The summed E-state index contributed by atoms with van der Waals surface area (Å²) in [5.41, 5.74) is -0.202. The van der Waals surface area contributed by atoms with Gasteiger partial charge in [-0.1, -0.05) is 44.2 Å². The maximum Gasteiger partial charge on any atom is 0.417 e. The molecule has 20 heavy (non-hydrogen) atoms. The van der Waals surface area contributed by atoms with Crippen molar-refractivity contribution in [3.8, 4) is 11.1 Å². The van der Waals surface area contributed by atoms with E-state index in [9.17, 15) is 17.6 Å².